The van der Waals surface area contributed by atoms with Crippen molar-refractivity contribution in [1.29, 1.82) is 0 Å². The summed E-state index contributed by atoms with van der Waals surface area (Å²) in [6.45, 7) is 5.27. The predicted molar refractivity (Wildman–Crippen MR) is 123 cm³/mol. The van der Waals surface area contributed by atoms with Crippen LogP contribution in [0, 0.1) is 0 Å². The molecule has 1 N–H and O–H groups in total. The van der Waals surface area contributed by atoms with Crippen LogP contribution >= 0.6 is 0 Å². The van der Waals surface area contributed by atoms with E-state index in [9.17, 15) is 9.59 Å². The first-order valence-electron chi connectivity index (χ1n) is 12.3. The van der Waals surface area contributed by atoms with Crippen LogP contribution in [0.3, 0.4) is 0 Å². The second-order valence-corrected chi connectivity index (χ2v) is 8.10. The van der Waals surface area contributed by atoms with Crippen molar-refractivity contribution in [2.75, 3.05) is 13.2 Å². The molecule has 0 spiro atoms. The standard InChI is InChI=1S/C25H47NO3/c1-3-5-6-7-8-9-10-11-12-13-14-15-16-17-18-19-22-26-24(27)20-21-25(28)29-23-4-2/h20-21H,3-19,22-23H2,1-2H3,(H,26,27). The van der Waals surface area contributed by atoms with Crippen LogP contribution in [0.15, 0.2) is 12.2 Å². The molecule has 0 aromatic carbocycles. The Morgan fingerprint density at radius 3 is 1.52 bits per heavy atom. The van der Waals surface area contributed by atoms with E-state index in [0.717, 1.165) is 19.3 Å². The quantitative estimate of drug-likeness (QED) is 0.128. The molecule has 1 amide bonds. The largest absolute Gasteiger partial charge is 0.463 e. The minimum atomic E-state index is -0.454. The van der Waals surface area contributed by atoms with Gasteiger partial charge in [-0.05, 0) is 12.8 Å². The average molecular weight is 410 g/mol. The van der Waals surface area contributed by atoms with Crippen LogP contribution in [0.1, 0.15) is 123 Å². The van der Waals surface area contributed by atoms with Crippen LogP contribution < -0.4 is 5.32 Å². The summed E-state index contributed by atoms with van der Waals surface area (Å²) >= 11 is 0. The highest BCUT2D eigenvalue weighted by Crippen LogP contribution is 2.13. The molecular formula is C25H47NO3. The lowest BCUT2D eigenvalue weighted by atomic mass is 10.0. The van der Waals surface area contributed by atoms with Gasteiger partial charge in [-0.15, -0.1) is 0 Å². The average Bonchev–Trinajstić information content (AvgIpc) is 2.72. The lowest BCUT2D eigenvalue weighted by molar-refractivity contribution is -0.138. The second-order valence-electron chi connectivity index (χ2n) is 8.10. The molecule has 0 saturated heterocycles. The molecule has 0 fully saturated rings. The Morgan fingerprint density at radius 2 is 1.07 bits per heavy atom. The maximum absolute atomic E-state index is 11.6. The molecule has 0 radical (unpaired) electrons. The van der Waals surface area contributed by atoms with Gasteiger partial charge in [0.05, 0.1) is 6.61 Å². The molecule has 29 heavy (non-hydrogen) atoms. The molecule has 0 unspecified atom stereocenters. The number of amides is 1. The van der Waals surface area contributed by atoms with Gasteiger partial charge in [0, 0.05) is 18.7 Å². The van der Waals surface area contributed by atoms with Gasteiger partial charge in [0.15, 0.2) is 0 Å². The first-order valence-corrected chi connectivity index (χ1v) is 12.3. The number of rotatable bonds is 21. The summed E-state index contributed by atoms with van der Waals surface area (Å²) in [6.07, 6.45) is 24.7. The molecule has 0 aromatic rings. The third kappa shape index (κ3) is 22.8. The Bertz CT molecular complexity index is 407. The van der Waals surface area contributed by atoms with Gasteiger partial charge < -0.3 is 10.1 Å². The van der Waals surface area contributed by atoms with Crippen molar-refractivity contribution >= 4 is 11.9 Å². The lowest BCUT2D eigenvalue weighted by Gasteiger charge is -2.04. The molecular weight excluding hydrogens is 362 g/mol. The summed E-state index contributed by atoms with van der Waals surface area (Å²) in [5.74, 6) is -0.677. The first-order chi connectivity index (χ1) is 14.2. The highest BCUT2D eigenvalue weighted by atomic mass is 16.5. The molecule has 0 aromatic heterocycles. The van der Waals surface area contributed by atoms with Crippen LogP contribution in [0.4, 0.5) is 0 Å². The SMILES string of the molecule is CCCCCCCCCCCCCCCCCCNC(=O)C=CC(=O)OCCC. The molecule has 4 heteroatoms. The van der Waals surface area contributed by atoms with Crippen LogP contribution in [0.5, 0.6) is 0 Å². The first kappa shape index (κ1) is 27.7. The smallest absolute Gasteiger partial charge is 0.330 e. The van der Waals surface area contributed by atoms with Crippen molar-refractivity contribution in [3.8, 4) is 0 Å². The van der Waals surface area contributed by atoms with E-state index < -0.39 is 5.97 Å². The molecule has 0 aliphatic rings. The van der Waals surface area contributed by atoms with E-state index in [0.29, 0.717) is 13.2 Å². The molecule has 0 aliphatic carbocycles. The van der Waals surface area contributed by atoms with Crippen LogP contribution in [-0.2, 0) is 14.3 Å². The van der Waals surface area contributed by atoms with Gasteiger partial charge in [-0.3, -0.25) is 4.79 Å². The van der Waals surface area contributed by atoms with Gasteiger partial charge in [0.1, 0.15) is 0 Å². The van der Waals surface area contributed by atoms with E-state index in [2.05, 4.69) is 12.2 Å². The van der Waals surface area contributed by atoms with Crippen molar-refractivity contribution in [1.82, 2.24) is 5.32 Å². The van der Waals surface area contributed by atoms with Crippen LogP contribution in [0.25, 0.3) is 0 Å². The van der Waals surface area contributed by atoms with Crippen molar-refractivity contribution < 1.29 is 14.3 Å². The molecule has 0 atom stereocenters. The number of carbonyl (C=O) groups excluding carboxylic acids is 2. The van der Waals surface area contributed by atoms with Gasteiger partial charge in [0.25, 0.3) is 0 Å². The Kier molecular flexibility index (Phi) is 21.9. The number of carbonyl (C=O) groups is 2. The number of unbranched alkanes of at least 4 members (excludes halogenated alkanes) is 15. The minimum Gasteiger partial charge on any atom is -0.463 e. The van der Waals surface area contributed by atoms with E-state index in [1.165, 1.54) is 102 Å². The van der Waals surface area contributed by atoms with E-state index in [1.54, 1.807) is 0 Å². The molecule has 0 saturated carbocycles. The topological polar surface area (TPSA) is 55.4 Å². The number of esters is 1. The maximum Gasteiger partial charge on any atom is 0.330 e. The fourth-order valence-electron chi connectivity index (χ4n) is 3.34. The van der Waals surface area contributed by atoms with E-state index >= 15 is 0 Å². The van der Waals surface area contributed by atoms with E-state index in [-0.39, 0.29) is 5.91 Å². The van der Waals surface area contributed by atoms with E-state index in [1.807, 2.05) is 6.92 Å². The van der Waals surface area contributed by atoms with Crippen LogP contribution in [-0.4, -0.2) is 25.0 Å². The van der Waals surface area contributed by atoms with Crippen molar-refractivity contribution in [2.45, 2.75) is 123 Å². The fraction of sp³-hybridized carbons (Fsp3) is 0.840. The fourth-order valence-corrected chi connectivity index (χ4v) is 3.34. The third-order valence-corrected chi connectivity index (χ3v) is 5.15. The van der Waals surface area contributed by atoms with Gasteiger partial charge in [-0.1, -0.05) is 110 Å². The predicted octanol–water partition coefficient (Wildman–Crippen LogP) is 6.87. The number of hydrogen-bond donors (Lipinski definition) is 1. The second kappa shape index (κ2) is 23.0. The van der Waals surface area contributed by atoms with Gasteiger partial charge in [-0.25, -0.2) is 4.79 Å². The molecule has 0 bridgehead atoms. The summed E-state index contributed by atoms with van der Waals surface area (Å²) in [6, 6.07) is 0. The van der Waals surface area contributed by atoms with Gasteiger partial charge >= 0.3 is 5.97 Å². The number of nitrogens with one attached hydrogen (secondary N) is 1. The Labute approximate surface area is 180 Å². The molecule has 0 heterocycles. The van der Waals surface area contributed by atoms with Crippen molar-refractivity contribution in [3.63, 3.8) is 0 Å². The normalized spacial score (nSPS) is 11.1. The maximum atomic E-state index is 11.6. The van der Waals surface area contributed by atoms with Crippen molar-refractivity contribution in [3.05, 3.63) is 12.2 Å². The Morgan fingerprint density at radius 1 is 0.621 bits per heavy atom. The van der Waals surface area contributed by atoms with Crippen molar-refractivity contribution in [2.24, 2.45) is 0 Å². The summed E-state index contributed by atoms with van der Waals surface area (Å²) in [5, 5.41) is 2.81. The van der Waals surface area contributed by atoms with Crippen LogP contribution in [0.2, 0.25) is 0 Å². The zero-order chi connectivity index (χ0) is 21.4. The number of ether oxygens (including phenoxy) is 1. The zero-order valence-corrected chi connectivity index (χ0v) is 19.3. The number of hydrogen-bond acceptors (Lipinski definition) is 3. The highest BCUT2D eigenvalue weighted by molar-refractivity contribution is 5.94. The molecule has 170 valence electrons. The van der Waals surface area contributed by atoms with E-state index in [4.69, 9.17) is 4.74 Å². The lowest BCUT2D eigenvalue weighted by Crippen LogP contribution is -2.22. The molecule has 0 rings (SSSR count). The summed E-state index contributed by atoms with van der Waals surface area (Å²) < 4.78 is 4.87. The van der Waals surface area contributed by atoms with Gasteiger partial charge in [0.2, 0.25) is 5.91 Å². The Hall–Kier alpha value is -1.32. The summed E-state index contributed by atoms with van der Waals surface area (Å²) in [5.41, 5.74) is 0. The zero-order valence-electron chi connectivity index (χ0n) is 19.3. The monoisotopic (exact) mass is 409 g/mol. The molecule has 0 aliphatic heterocycles. The Balaban J connectivity index is 3.24. The highest BCUT2D eigenvalue weighted by Gasteiger charge is 1.99. The summed E-state index contributed by atoms with van der Waals surface area (Å²) in [4.78, 5) is 22.8. The third-order valence-electron chi connectivity index (χ3n) is 5.15. The summed E-state index contributed by atoms with van der Waals surface area (Å²) in [7, 11) is 0. The van der Waals surface area contributed by atoms with Gasteiger partial charge in [-0.2, -0.15) is 0 Å². The molecule has 4 nitrogen and oxygen atoms in total. The minimum absolute atomic E-state index is 0.223.